The number of nitrogens with zero attached hydrogens (tertiary/aromatic N) is 5. The van der Waals surface area contributed by atoms with Gasteiger partial charge in [-0.2, -0.15) is 10.2 Å². The highest BCUT2D eigenvalue weighted by molar-refractivity contribution is 7.14. The van der Waals surface area contributed by atoms with Crippen LogP contribution in [-0.4, -0.2) is 30.1 Å². The third-order valence-corrected chi connectivity index (χ3v) is 4.14. The van der Waals surface area contributed by atoms with Gasteiger partial charge in [-0.3, -0.25) is 4.79 Å². The van der Waals surface area contributed by atoms with Gasteiger partial charge in [0, 0.05) is 0 Å². The van der Waals surface area contributed by atoms with E-state index in [1.165, 1.54) is 11.3 Å². The molecule has 0 aromatic carbocycles. The van der Waals surface area contributed by atoms with E-state index >= 15 is 0 Å². The number of hydrogen-bond acceptors (Lipinski definition) is 5. The molecule has 0 aliphatic heterocycles. The van der Waals surface area contributed by atoms with E-state index in [4.69, 9.17) is 0 Å². The standard InChI is InChI=1S/C14H12N6OS/c1-9(11-7-19-14(18-11)22-8-16-19)17-13(21)12-4-2-3-10-5-6-15-20(10)12/h2-9H,1H3,(H,17,21)/t9-/m1/s1. The molecule has 0 radical (unpaired) electrons. The van der Waals surface area contributed by atoms with Crippen LogP contribution in [-0.2, 0) is 0 Å². The molecule has 4 aromatic heterocycles. The van der Waals surface area contributed by atoms with Crippen molar-refractivity contribution in [3.63, 3.8) is 0 Å². The highest BCUT2D eigenvalue weighted by atomic mass is 32.1. The van der Waals surface area contributed by atoms with Gasteiger partial charge < -0.3 is 5.32 Å². The molecular formula is C14H12N6OS. The van der Waals surface area contributed by atoms with E-state index in [1.54, 1.807) is 26.8 Å². The topological polar surface area (TPSA) is 76.6 Å². The summed E-state index contributed by atoms with van der Waals surface area (Å²) >= 11 is 1.46. The molecule has 0 unspecified atom stereocenters. The first-order valence-corrected chi connectivity index (χ1v) is 7.63. The second-order valence-corrected chi connectivity index (χ2v) is 5.72. The second kappa shape index (κ2) is 4.92. The third-order valence-electron chi connectivity index (χ3n) is 3.45. The van der Waals surface area contributed by atoms with Crippen LogP contribution in [0.15, 0.2) is 42.2 Å². The number of imidazole rings is 1. The van der Waals surface area contributed by atoms with Crippen molar-refractivity contribution in [3.05, 3.63) is 53.6 Å². The van der Waals surface area contributed by atoms with Gasteiger partial charge in [0.15, 0.2) is 0 Å². The lowest BCUT2D eigenvalue weighted by Gasteiger charge is -2.12. The average Bonchev–Trinajstić information content (AvgIpc) is 3.21. The summed E-state index contributed by atoms with van der Waals surface area (Å²) in [6.45, 7) is 1.90. The number of aromatic nitrogens is 5. The van der Waals surface area contributed by atoms with Crippen LogP contribution >= 0.6 is 11.3 Å². The van der Waals surface area contributed by atoms with Gasteiger partial charge in [-0.1, -0.05) is 17.4 Å². The Morgan fingerprint density at radius 3 is 3.09 bits per heavy atom. The monoisotopic (exact) mass is 312 g/mol. The lowest BCUT2D eigenvalue weighted by Crippen LogP contribution is -2.28. The predicted molar refractivity (Wildman–Crippen MR) is 81.9 cm³/mol. The minimum absolute atomic E-state index is 0.189. The number of hydrogen-bond donors (Lipinski definition) is 1. The number of carbonyl (C=O) groups excluding carboxylic acids is 1. The van der Waals surface area contributed by atoms with Gasteiger partial charge in [0.1, 0.15) is 11.2 Å². The van der Waals surface area contributed by atoms with Crippen molar-refractivity contribution in [1.29, 1.82) is 0 Å². The van der Waals surface area contributed by atoms with Crippen molar-refractivity contribution >= 4 is 27.7 Å². The Bertz CT molecular complexity index is 939. The maximum atomic E-state index is 12.5. The number of rotatable bonds is 3. The van der Waals surface area contributed by atoms with Crippen molar-refractivity contribution in [2.24, 2.45) is 0 Å². The number of amides is 1. The van der Waals surface area contributed by atoms with E-state index < -0.39 is 0 Å². The molecule has 1 atom stereocenters. The molecule has 4 rings (SSSR count). The van der Waals surface area contributed by atoms with Crippen LogP contribution < -0.4 is 5.32 Å². The van der Waals surface area contributed by atoms with Crippen LogP contribution in [0.2, 0.25) is 0 Å². The SMILES string of the molecule is C[C@@H](NC(=O)c1cccc2ccnn12)c1cn2ncsc2n1. The number of carbonyl (C=O) groups is 1. The fourth-order valence-corrected chi connectivity index (χ4v) is 2.94. The highest BCUT2D eigenvalue weighted by Gasteiger charge is 2.17. The van der Waals surface area contributed by atoms with Gasteiger partial charge in [-0.15, -0.1) is 0 Å². The van der Waals surface area contributed by atoms with E-state index in [1.807, 2.05) is 31.3 Å². The summed E-state index contributed by atoms with van der Waals surface area (Å²) in [5.74, 6) is -0.189. The summed E-state index contributed by atoms with van der Waals surface area (Å²) in [6, 6.07) is 7.13. The van der Waals surface area contributed by atoms with Crippen molar-refractivity contribution in [2.45, 2.75) is 13.0 Å². The fraction of sp³-hybridized carbons (Fsp3) is 0.143. The summed E-state index contributed by atoms with van der Waals surface area (Å²) in [5, 5.41) is 11.3. The average molecular weight is 312 g/mol. The largest absolute Gasteiger partial charge is 0.343 e. The molecule has 1 N–H and O–H groups in total. The number of nitrogens with one attached hydrogen (secondary N) is 1. The number of fused-ring (bicyclic) bond motifs is 2. The van der Waals surface area contributed by atoms with Gasteiger partial charge in [-0.05, 0) is 25.1 Å². The molecule has 1 amide bonds. The zero-order chi connectivity index (χ0) is 15.1. The van der Waals surface area contributed by atoms with Crippen LogP contribution in [0.3, 0.4) is 0 Å². The zero-order valence-corrected chi connectivity index (χ0v) is 12.5. The Balaban J connectivity index is 1.61. The first-order valence-electron chi connectivity index (χ1n) is 6.75. The molecule has 110 valence electrons. The third kappa shape index (κ3) is 2.04. The van der Waals surface area contributed by atoms with Gasteiger partial charge in [0.2, 0.25) is 4.96 Å². The van der Waals surface area contributed by atoms with E-state index in [-0.39, 0.29) is 11.9 Å². The zero-order valence-electron chi connectivity index (χ0n) is 11.7. The molecule has 22 heavy (non-hydrogen) atoms. The Morgan fingerprint density at radius 2 is 2.23 bits per heavy atom. The summed E-state index contributed by atoms with van der Waals surface area (Å²) in [6.07, 6.45) is 3.50. The quantitative estimate of drug-likeness (QED) is 0.627. The molecule has 4 aromatic rings. The smallest absolute Gasteiger partial charge is 0.270 e. The Hall–Kier alpha value is -2.74. The van der Waals surface area contributed by atoms with E-state index in [0.29, 0.717) is 5.69 Å². The predicted octanol–water partition coefficient (Wildman–Crippen LogP) is 1.93. The van der Waals surface area contributed by atoms with Crippen LogP contribution in [0, 0.1) is 0 Å². The van der Waals surface area contributed by atoms with E-state index in [2.05, 4.69) is 20.5 Å². The summed E-state index contributed by atoms with van der Waals surface area (Å²) < 4.78 is 3.33. The van der Waals surface area contributed by atoms with Gasteiger partial charge in [-0.25, -0.2) is 14.0 Å². The van der Waals surface area contributed by atoms with Crippen molar-refractivity contribution in [2.75, 3.05) is 0 Å². The maximum Gasteiger partial charge on any atom is 0.270 e. The van der Waals surface area contributed by atoms with Crippen LogP contribution in [0.25, 0.3) is 10.5 Å². The molecule has 8 heteroatoms. The second-order valence-electron chi connectivity index (χ2n) is 4.91. The Morgan fingerprint density at radius 1 is 1.32 bits per heavy atom. The van der Waals surface area contributed by atoms with Gasteiger partial charge in [0.25, 0.3) is 5.91 Å². The van der Waals surface area contributed by atoms with Crippen LogP contribution in [0.5, 0.6) is 0 Å². The first kappa shape index (κ1) is 13.0. The van der Waals surface area contributed by atoms with Gasteiger partial charge in [0.05, 0.1) is 29.6 Å². The van der Waals surface area contributed by atoms with Crippen LogP contribution in [0.4, 0.5) is 0 Å². The molecule has 0 aliphatic carbocycles. The normalized spacial score (nSPS) is 12.8. The molecule has 4 heterocycles. The Kier molecular flexibility index (Phi) is 2.90. The highest BCUT2D eigenvalue weighted by Crippen LogP contribution is 2.16. The van der Waals surface area contributed by atoms with Gasteiger partial charge >= 0.3 is 0 Å². The molecule has 0 fully saturated rings. The number of pyridine rings is 1. The van der Waals surface area contributed by atoms with E-state index in [0.717, 1.165) is 16.2 Å². The molecule has 0 spiro atoms. The minimum Gasteiger partial charge on any atom is -0.343 e. The Labute approximate surface area is 129 Å². The van der Waals surface area contributed by atoms with Crippen molar-refractivity contribution in [1.82, 2.24) is 29.5 Å². The van der Waals surface area contributed by atoms with E-state index in [9.17, 15) is 4.79 Å². The molecule has 0 saturated carbocycles. The maximum absolute atomic E-state index is 12.5. The lowest BCUT2D eigenvalue weighted by molar-refractivity contribution is 0.0931. The summed E-state index contributed by atoms with van der Waals surface area (Å²) in [5.41, 5.74) is 3.88. The lowest BCUT2D eigenvalue weighted by atomic mass is 10.2. The van der Waals surface area contributed by atoms with Crippen LogP contribution in [0.1, 0.15) is 29.1 Å². The van der Waals surface area contributed by atoms with Crippen molar-refractivity contribution < 1.29 is 4.79 Å². The molecular weight excluding hydrogens is 300 g/mol. The molecule has 0 saturated heterocycles. The first-order chi connectivity index (χ1) is 10.7. The fourth-order valence-electron chi connectivity index (χ4n) is 2.33. The minimum atomic E-state index is -0.216. The van der Waals surface area contributed by atoms with Crippen molar-refractivity contribution in [3.8, 4) is 0 Å². The summed E-state index contributed by atoms with van der Waals surface area (Å²) in [4.78, 5) is 17.7. The molecule has 7 nitrogen and oxygen atoms in total. The summed E-state index contributed by atoms with van der Waals surface area (Å²) in [7, 11) is 0. The molecule has 0 aliphatic rings. The molecule has 0 bridgehead atoms.